The van der Waals surface area contributed by atoms with E-state index >= 15 is 0 Å². The van der Waals surface area contributed by atoms with Gasteiger partial charge in [-0.2, -0.15) is 0 Å². The van der Waals surface area contributed by atoms with Crippen molar-refractivity contribution in [2.24, 2.45) is 0 Å². The number of carboxylic acids is 1. The second-order valence-corrected chi connectivity index (χ2v) is 5.19. The van der Waals surface area contributed by atoms with E-state index < -0.39 is 5.97 Å². The zero-order valence-electron chi connectivity index (χ0n) is 8.94. The van der Waals surface area contributed by atoms with Crippen molar-refractivity contribution in [2.75, 3.05) is 0 Å². The highest BCUT2D eigenvalue weighted by Crippen LogP contribution is 2.30. The Labute approximate surface area is 92.0 Å². The van der Waals surface area contributed by atoms with Gasteiger partial charge in [0, 0.05) is 10.9 Å². The molecular weight excluding hydrogens is 210 g/mol. The van der Waals surface area contributed by atoms with Crippen LogP contribution in [-0.4, -0.2) is 15.6 Å². The van der Waals surface area contributed by atoms with Crippen LogP contribution >= 0.6 is 11.3 Å². The molecule has 3 nitrogen and oxygen atoms in total. The zero-order valence-corrected chi connectivity index (χ0v) is 9.76. The highest BCUT2D eigenvalue weighted by molar-refractivity contribution is 7.19. The monoisotopic (exact) mass is 223 g/mol. The molecule has 2 heterocycles. The fraction of sp³-hybridized carbons (Fsp3) is 0.364. The highest BCUT2D eigenvalue weighted by atomic mass is 32.1. The van der Waals surface area contributed by atoms with E-state index in [2.05, 4.69) is 0 Å². The maximum atomic E-state index is 11.1. The molecule has 0 aliphatic rings. The van der Waals surface area contributed by atoms with E-state index in [1.165, 1.54) is 4.88 Å². The lowest BCUT2D eigenvalue weighted by atomic mass is 10.3. The van der Waals surface area contributed by atoms with Crippen LogP contribution in [0.25, 0.3) is 10.2 Å². The van der Waals surface area contributed by atoms with Crippen molar-refractivity contribution < 1.29 is 9.90 Å². The number of fused-ring (bicyclic) bond motifs is 1. The van der Waals surface area contributed by atoms with Gasteiger partial charge in [0.05, 0.1) is 10.2 Å². The Bertz CT molecular complexity index is 522. The van der Waals surface area contributed by atoms with Crippen molar-refractivity contribution in [3.63, 3.8) is 0 Å². The minimum atomic E-state index is -0.857. The van der Waals surface area contributed by atoms with Gasteiger partial charge in [0.15, 0.2) is 0 Å². The van der Waals surface area contributed by atoms with Crippen LogP contribution in [0.3, 0.4) is 0 Å². The Balaban J connectivity index is 2.77. The fourth-order valence-corrected chi connectivity index (χ4v) is 2.80. The molecule has 0 saturated carbocycles. The Morgan fingerprint density at radius 2 is 2.13 bits per heavy atom. The van der Waals surface area contributed by atoms with Crippen LogP contribution in [0, 0.1) is 6.92 Å². The van der Waals surface area contributed by atoms with Crippen LogP contribution in [0.1, 0.15) is 35.3 Å². The van der Waals surface area contributed by atoms with E-state index in [-0.39, 0.29) is 6.04 Å². The van der Waals surface area contributed by atoms with Crippen molar-refractivity contribution in [1.82, 2.24) is 4.57 Å². The summed E-state index contributed by atoms with van der Waals surface area (Å²) in [4.78, 5) is 12.3. The zero-order chi connectivity index (χ0) is 11.2. The third kappa shape index (κ3) is 1.55. The summed E-state index contributed by atoms with van der Waals surface area (Å²) in [5, 5.41) is 9.09. The predicted octanol–water partition coefficient (Wildman–Crippen LogP) is 3.29. The molecule has 80 valence electrons. The molecule has 0 amide bonds. The number of aryl methyl sites for hydroxylation is 1. The first-order valence-corrected chi connectivity index (χ1v) is 5.67. The van der Waals surface area contributed by atoms with Crippen molar-refractivity contribution in [3.05, 3.63) is 22.7 Å². The van der Waals surface area contributed by atoms with Gasteiger partial charge >= 0.3 is 5.97 Å². The molecule has 1 N–H and O–H groups in total. The summed E-state index contributed by atoms with van der Waals surface area (Å²) >= 11 is 1.64. The first-order chi connectivity index (χ1) is 7.00. The van der Waals surface area contributed by atoms with Gasteiger partial charge in [-0.15, -0.1) is 11.3 Å². The first-order valence-electron chi connectivity index (χ1n) is 4.85. The van der Waals surface area contributed by atoms with Crippen molar-refractivity contribution in [1.29, 1.82) is 0 Å². The smallest absolute Gasteiger partial charge is 0.352 e. The fourth-order valence-electron chi connectivity index (χ4n) is 1.86. The lowest BCUT2D eigenvalue weighted by Crippen LogP contribution is -2.10. The molecule has 0 atom stereocenters. The number of aromatic nitrogens is 1. The molecule has 2 rings (SSSR count). The summed E-state index contributed by atoms with van der Waals surface area (Å²) in [6.07, 6.45) is 0. The first kappa shape index (κ1) is 10.2. The van der Waals surface area contributed by atoms with E-state index in [0.717, 1.165) is 10.2 Å². The maximum Gasteiger partial charge on any atom is 0.352 e. The predicted molar refractivity (Wildman–Crippen MR) is 61.9 cm³/mol. The molecule has 2 aromatic heterocycles. The molecule has 2 aromatic rings. The van der Waals surface area contributed by atoms with Gasteiger partial charge < -0.3 is 9.67 Å². The molecule has 0 radical (unpaired) electrons. The van der Waals surface area contributed by atoms with E-state index in [4.69, 9.17) is 5.11 Å². The van der Waals surface area contributed by atoms with Gasteiger partial charge in [0.25, 0.3) is 0 Å². The molecule has 0 aromatic carbocycles. The van der Waals surface area contributed by atoms with Crippen LogP contribution in [0.5, 0.6) is 0 Å². The minimum Gasteiger partial charge on any atom is -0.477 e. The SMILES string of the molecule is Cc1cc2c(cc(C(=O)O)n2C(C)C)s1. The molecule has 0 bridgehead atoms. The van der Waals surface area contributed by atoms with E-state index in [0.29, 0.717) is 5.69 Å². The quantitative estimate of drug-likeness (QED) is 0.848. The molecular formula is C11H13NO2S. The van der Waals surface area contributed by atoms with Gasteiger partial charge in [-0.05, 0) is 32.9 Å². The van der Waals surface area contributed by atoms with Crippen molar-refractivity contribution in [3.8, 4) is 0 Å². The summed E-state index contributed by atoms with van der Waals surface area (Å²) in [6.45, 7) is 6.04. The van der Waals surface area contributed by atoms with Crippen molar-refractivity contribution >= 4 is 27.5 Å². The molecule has 0 aliphatic heterocycles. The largest absolute Gasteiger partial charge is 0.477 e. The molecule has 0 fully saturated rings. The topological polar surface area (TPSA) is 42.2 Å². The molecule has 0 unspecified atom stereocenters. The van der Waals surface area contributed by atoms with Crippen LogP contribution in [0.2, 0.25) is 0 Å². The van der Waals surface area contributed by atoms with Gasteiger partial charge in [0.1, 0.15) is 5.69 Å². The minimum absolute atomic E-state index is 0.169. The lowest BCUT2D eigenvalue weighted by molar-refractivity contribution is 0.0684. The number of aromatic carboxylic acids is 1. The lowest BCUT2D eigenvalue weighted by Gasteiger charge is -2.11. The second kappa shape index (κ2) is 3.38. The summed E-state index contributed by atoms with van der Waals surface area (Å²) < 4.78 is 2.93. The second-order valence-electron chi connectivity index (χ2n) is 3.91. The van der Waals surface area contributed by atoms with E-state index in [1.807, 2.05) is 31.4 Å². The third-order valence-corrected chi connectivity index (χ3v) is 3.37. The maximum absolute atomic E-state index is 11.1. The molecule has 0 aliphatic carbocycles. The van der Waals surface area contributed by atoms with Crippen LogP contribution in [0.4, 0.5) is 0 Å². The number of rotatable bonds is 2. The Kier molecular flexibility index (Phi) is 2.31. The van der Waals surface area contributed by atoms with Gasteiger partial charge in [-0.3, -0.25) is 0 Å². The summed E-state index contributed by atoms with van der Waals surface area (Å²) in [6, 6.07) is 3.98. The standard InChI is InChI=1S/C11H13NO2S/c1-6(2)12-8-4-7(3)15-10(8)5-9(12)11(13)14/h4-6H,1-3H3,(H,13,14). The third-order valence-electron chi connectivity index (χ3n) is 2.39. The molecule has 4 heteroatoms. The number of hydrogen-bond acceptors (Lipinski definition) is 2. The summed E-state index contributed by atoms with van der Waals surface area (Å²) in [7, 11) is 0. The Hall–Kier alpha value is -1.29. The van der Waals surface area contributed by atoms with Gasteiger partial charge in [-0.1, -0.05) is 0 Å². The van der Waals surface area contributed by atoms with Crippen LogP contribution in [0.15, 0.2) is 12.1 Å². The average Bonchev–Trinajstić information content (AvgIpc) is 2.58. The summed E-state index contributed by atoms with van der Waals surface area (Å²) in [5.74, 6) is -0.857. The molecule has 0 saturated heterocycles. The highest BCUT2D eigenvalue weighted by Gasteiger charge is 2.17. The number of nitrogens with zero attached hydrogens (tertiary/aromatic N) is 1. The van der Waals surface area contributed by atoms with Gasteiger partial charge in [0.2, 0.25) is 0 Å². The number of hydrogen-bond donors (Lipinski definition) is 1. The molecule has 0 spiro atoms. The van der Waals surface area contributed by atoms with Crippen LogP contribution < -0.4 is 0 Å². The summed E-state index contributed by atoms with van der Waals surface area (Å²) in [5.41, 5.74) is 1.41. The number of carbonyl (C=O) groups is 1. The number of carboxylic acid groups (broad SMARTS) is 1. The van der Waals surface area contributed by atoms with E-state index in [1.54, 1.807) is 17.4 Å². The van der Waals surface area contributed by atoms with Crippen molar-refractivity contribution in [2.45, 2.75) is 26.8 Å². The number of thiophene rings is 1. The van der Waals surface area contributed by atoms with Gasteiger partial charge in [-0.25, -0.2) is 4.79 Å². The average molecular weight is 223 g/mol. The van der Waals surface area contributed by atoms with E-state index in [9.17, 15) is 4.79 Å². The normalized spacial score (nSPS) is 11.5. The Morgan fingerprint density at radius 3 is 2.67 bits per heavy atom. The van der Waals surface area contributed by atoms with Crippen LogP contribution in [-0.2, 0) is 0 Å². The molecule has 15 heavy (non-hydrogen) atoms. The Morgan fingerprint density at radius 1 is 1.47 bits per heavy atom.